The zero-order valence-corrected chi connectivity index (χ0v) is 25.2. The van der Waals surface area contributed by atoms with E-state index in [1.54, 1.807) is 6.07 Å². The molecule has 4 nitrogen and oxygen atoms in total. The molecule has 0 saturated heterocycles. The molecule has 0 saturated carbocycles. The highest BCUT2D eigenvalue weighted by Crippen LogP contribution is 2.61. The van der Waals surface area contributed by atoms with E-state index >= 15 is 0 Å². The Labute approximate surface area is 217 Å². The summed E-state index contributed by atoms with van der Waals surface area (Å²) >= 11 is 0. The summed E-state index contributed by atoms with van der Waals surface area (Å²) < 4.78 is 17.7. The molecular weight excluding hydrogens is 515 g/mol. The van der Waals surface area contributed by atoms with Gasteiger partial charge in [-0.25, -0.2) is 0 Å². The Balaban J connectivity index is 0.0000102. The highest BCUT2D eigenvalue weighted by atomic mass is 79.9. The van der Waals surface area contributed by atoms with Gasteiger partial charge in [0.25, 0.3) is 0 Å². The average Bonchev–Trinajstić information content (AvgIpc) is 2.79. The SMILES string of the molecule is CCCC[P+](CCCC)(CCCC)c1cc(O)ccc1OCCC[Si]C(OCC)OCC.[Br-]. The normalized spacial score (nSPS) is 11.6. The fourth-order valence-electron chi connectivity index (χ4n) is 4.02. The van der Waals surface area contributed by atoms with Gasteiger partial charge in [0.1, 0.15) is 26.5 Å². The third kappa shape index (κ3) is 12.4. The topological polar surface area (TPSA) is 47.9 Å². The Morgan fingerprint density at radius 2 is 1.39 bits per heavy atom. The average molecular weight is 564 g/mol. The lowest BCUT2D eigenvalue weighted by Crippen LogP contribution is -3.00. The predicted molar refractivity (Wildman–Crippen MR) is 142 cm³/mol. The zero-order chi connectivity index (χ0) is 23.7. The second kappa shape index (κ2) is 20.1. The van der Waals surface area contributed by atoms with E-state index in [0.29, 0.717) is 35.1 Å². The second-order valence-electron chi connectivity index (χ2n) is 8.43. The van der Waals surface area contributed by atoms with E-state index in [4.69, 9.17) is 14.2 Å². The monoisotopic (exact) mass is 562 g/mol. The van der Waals surface area contributed by atoms with Gasteiger partial charge in [-0.15, -0.1) is 0 Å². The molecule has 1 aromatic rings. The second-order valence-corrected chi connectivity index (χ2v) is 13.9. The van der Waals surface area contributed by atoms with Crippen LogP contribution in [0.4, 0.5) is 0 Å². The molecule has 2 radical (unpaired) electrons. The number of phenolic OH excluding ortho intramolecular Hbond substituents is 1. The Hall–Kier alpha value is -0.133. The molecule has 0 unspecified atom stereocenters. The van der Waals surface area contributed by atoms with Crippen LogP contribution in [-0.4, -0.2) is 58.8 Å². The van der Waals surface area contributed by atoms with Gasteiger partial charge in [0.15, 0.2) is 5.75 Å². The molecule has 7 heteroatoms. The van der Waals surface area contributed by atoms with Crippen molar-refractivity contribution in [2.45, 2.75) is 91.5 Å². The smallest absolute Gasteiger partial charge is 0.161 e. The third-order valence-corrected chi connectivity index (χ3v) is 12.0. The van der Waals surface area contributed by atoms with Gasteiger partial charge in [-0.3, -0.25) is 0 Å². The van der Waals surface area contributed by atoms with Crippen LogP contribution in [0, 0.1) is 0 Å². The van der Waals surface area contributed by atoms with Crippen molar-refractivity contribution in [2.24, 2.45) is 0 Å². The van der Waals surface area contributed by atoms with Gasteiger partial charge in [0.2, 0.25) is 0 Å². The minimum atomic E-state index is -1.38. The van der Waals surface area contributed by atoms with Crippen molar-refractivity contribution in [2.75, 3.05) is 38.3 Å². The number of hydrogen-bond acceptors (Lipinski definition) is 4. The minimum absolute atomic E-state index is 0. The molecule has 0 spiro atoms. The van der Waals surface area contributed by atoms with Crippen molar-refractivity contribution in [1.82, 2.24) is 0 Å². The zero-order valence-electron chi connectivity index (χ0n) is 21.7. The van der Waals surface area contributed by atoms with Crippen LogP contribution in [0.15, 0.2) is 18.2 Å². The molecule has 0 fully saturated rings. The van der Waals surface area contributed by atoms with Crippen LogP contribution in [0.25, 0.3) is 0 Å². The maximum Gasteiger partial charge on any atom is 0.161 e. The first-order chi connectivity index (χ1) is 15.6. The van der Waals surface area contributed by atoms with Crippen LogP contribution < -0.4 is 27.0 Å². The number of ether oxygens (including phenoxy) is 3. The highest BCUT2D eigenvalue weighted by Gasteiger charge is 2.41. The number of phenols is 1. The van der Waals surface area contributed by atoms with Crippen LogP contribution >= 0.6 is 7.26 Å². The molecule has 1 aromatic carbocycles. The molecular formula is C26H48BrO4PSi. The molecule has 0 heterocycles. The van der Waals surface area contributed by atoms with Gasteiger partial charge in [-0.1, -0.05) is 46.1 Å². The van der Waals surface area contributed by atoms with Crippen LogP contribution in [0.2, 0.25) is 6.04 Å². The molecule has 0 amide bonds. The van der Waals surface area contributed by atoms with Crippen LogP contribution in [0.5, 0.6) is 11.5 Å². The van der Waals surface area contributed by atoms with Crippen LogP contribution in [0.3, 0.4) is 0 Å². The summed E-state index contributed by atoms with van der Waals surface area (Å²) in [5.74, 6) is 1.30. The van der Waals surface area contributed by atoms with Gasteiger partial charge in [-0.05, 0) is 51.7 Å². The van der Waals surface area contributed by atoms with Crippen molar-refractivity contribution in [3.8, 4) is 11.5 Å². The van der Waals surface area contributed by atoms with E-state index in [9.17, 15) is 5.11 Å². The van der Waals surface area contributed by atoms with E-state index in [1.165, 1.54) is 62.3 Å². The molecule has 0 aliphatic carbocycles. The van der Waals surface area contributed by atoms with Crippen molar-refractivity contribution >= 4 is 22.1 Å². The van der Waals surface area contributed by atoms with Crippen molar-refractivity contribution in [3.05, 3.63) is 18.2 Å². The summed E-state index contributed by atoms with van der Waals surface area (Å²) in [4.78, 5) is 0. The fourth-order valence-corrected chi connectivity index (χ4v) is 10.3. The van der Waals surface area contributed by atoms with Crippen molar-refractivity contribution in [3.63, 3.8) is 0 Å². The lowest BCUT2D eigenvalue weighted by molar-refractivity contribution is -0.0828. The van der Waals surface area contributed by atoms with Crippen molar-refractivity contribution < 1.29 is 36.3 Å². The van der Waals surface area contributed by atoms with E-state index < -0.39 is 7.26 Å². The molecule has 1 N–H and O–H groups in total. The van der Waals surface area contributed by atoms with Gasteiger partial charge in [0, 0.05) is 19.3 Å². The maximum absolute atomic E-state index is 10.4. The first kappa shape index (κ1) is 32.9. The third-order valence-electron chi connectivity index (χ3n) is 5.80. The predicted octanol–water partition coefficient (Wildman–Crippen LogP) is 3.69. The number of halogens is 1. The van der Waals surface area contributed by atoms with Crippen molar-refractivity contribution in [1.29, 1.82) is 0 Å². The fraction of sp³-hybridized carbons (Fsp3) is 0.769. The van der Waals surface area contributed by atoms with E-state index in [1.807, 2.05) is 26.0 Å². The molecule has 0 atom stereocenters. The van der Waals surface area contributed by atoms with Crippen LogP contribution in [-0.2, 0) is 9.47 Å². The Morgan fingerprint density at radius 1 is 0.848 bits per heavy atom. The number of unbranched alkanes of at least 4 members (excludes halogenated alkanes) is 3. The lowest BCUT2D eigenvalue weighted by Gasteiger charge is -2.29. The number of hydrogen-bond donors (Lipinski definition) is 1. The van der Waals surface area contributed by atoms with E-state index in [2.05, 4.69) is 20.8 Å². The standard InChI is InChI=1S/C26H47O4PSi.BrH/c1-6-11-18-31(19-12-7-2,20-13-8-3)25-22-23(27)15-16-24(25)30-17-14-21-32-26(28-9-4)29-10-5;/h15-16,22,26H,6-14,17-21H2,1-5H3;1H. The maximum atomic E-state index is 10.4. The summed E-state index contributed by atoms with van der Waals surface area (Å²) in [5, 5.41) is 11.7. The summed E-state index contributed by atoms with van der Waals surface area (Å²) in [7, 11) is -0.744. The molecule has 0 aliphatic rings. The molecule has 0 bridgehead atoms. The van der Waals surface area contributed by atoms with E-state index in [0.717, 1.165) is 18.2 Å². The number of aromatic hydroxyl groups is 1. The van der Waals surface area contributed by atoms with Gasteiger partial charge >= 0.3 is 0 Å². The Morgan fingerprint density at radius 3 is 1.88 bits per heavy atom. The first-order valence-corrected chi connectivity index (χ1v) is 16.5. The molecule has 0 aliphatic heterocycles. The molecule has 33 heavy (non-hydrogen) atoms. The summed E-state index contributed by atoms with van der Waals surface area (Å²) in [6, 6.07) is 6.87. The number of rotatable bonds is 20. The quantitative estimate of drug-likeness (QED) is 0.114. The first-order valence-electron chi connectivity index (χ1n) is 12.9. The highest BCUT2D eigenvalue weighted by molar-refractivity contribution is 7.83. The van der Waals surface area contributed by atoms with E-state index in [-0.39, 0.29) is 22.9 Å². The Kier molecular flexibility index (Phi) is 20.0. The summed E-state index contributed by atoms with van der Waals surface area (Å²) in [6.45, 7) is 12.9. The lowest BCUT2D eigenvalue weighted by atomic mass is 10.3. The largest absolute Gasteiger partial charge is 1.00 e. The van der Waals surface area contributed by atoms with Gasteiger partial charge in [0.05, 0.1) is 32.4 Å². The van der Waals surface area contributed by atoms with Gasteiger partial charge in [-0.2, -0.15) is 0 Å². The molecule has 0 aromatic heterocycles. The number of benzene rings is 1. The Bertz CT molecular complexity index is 578. The van der Waals surface area contributed by atoms with Crippen LogP contribution in [0.1, 0.15) is 79.6 Å². The summed E-state index contributed by atoms with van der Waals surface area (Å²) in [5.41, 5.74) is 0. The minimum Gasteiger partial charge on any atom is -1.00 e. The molecule has 1 rings (SSSR count). The summed E-state index contributed by atoms with van der Waals surface area (Å²) in [6.07, 6.45) is 12.2. The molecule has 192 valence electrons. The van der Waals surface area contributed by atoms with Gasteiger partial charge < -0.3 is 36.3 Å².